The minimum Gasteiger partial charge on any atom is -0.331 e. The number of carbonyl (C=O) groups excluding carboxylic acids is 2. The zero-order valence-electron chi connectivity index (χ0n) is 11.9. The first-order chi connectivity index (χ1) is 10.2. The van der Waals surface area contributed by atoms with Crippen molar-refractivity contribution < 1.29 is 9.59 Å². The maximum absolute atomic E-state index is 12.7. The van der Waals surface area contributed by atoms with Gasteiger partial charge in [0.1, 0.15) is 0 Å². The Morgan fingerprint density at radius 3 is 2.48 bits per heavy atom. The lowest BCUT2D eigenvalue weighted by atomic mass is 10.0. The molecule has 2 aromatic rings. The summed E-state index contributed by atoms with van der Waals surface area (Å²) >= 11 is 1.29. The average molecular weight is 299 g/mol. The van der Waals surface area contributed by atoms with Crippen molar-refractivity contribution in [3.05, 3.63) is 57.8 Å². The number of thiophene rings is 1. The molecule has 1 aliphatic rings. The number of carbonyl (C=O) groups is 2. The molecule has 0 aliphatic carbocycles. The van der Waals surface area contributed by atoms with Crippen molar-refractivity contribution in [3.63, 3.8) is 0 Å². The summed E-state index contributed by atoms with van der Waals surface area (Å²) in [5.74, 6) is 0.0546. The molecule has 0 bridgehead atoms. The molecule has 1 amide bonds. The standard InChI is InChI=1S/C17H17NO2S/c1-12(19)15-9-10-16(21-15)17(20)18-11-5-8-14(18)13-6-3-2-4-7-13/h2-4,6-7,9-10,14H,5,8,11H2,1H3/t14-/m1/s1. The maximum Gasteiger partial charge on any atom is 0.264 e. The van der Waals surface area contributed by atoms with E-state index in [0.717, 1.165) is 19.4 Å². The molecule has 1 aromatic heterocycles. The quantitative estimate of drug-likeness (QED) is 0.805. The summed E-state index contributed by atoms with van der Waals surface area (Å²) in [6.45, 7) is 2.31. The second kappa shape index (κ2) is 5.82. The molecule has 1 fully saturated rings. The largest absolute Gasteiger partial charge is 0.331 e. The summed E-state index contributed by atoms with van der Waals surface area (Å²) in [6, 6.07) is 13.8. The molecule has 0 N–H and O–H groups in total. The van der Waals surface area contributed by atoms with E-state index in [4.69, 9.17) is 0 Å². The fourth-order valence-electron chi connectivity index (χ4n) is 2.82. The van der Waals surface area contributed by atoms with Gasteiger partial charge in [-0.25, -0.2) is 0 Å². The predicted octanol–water partition coefficient (Wildman–Crippen LogP) is 3.93. The van der Waals surface area contributed by atoms with Crippen molar-refractivity contribution in [3.8, 4) is 0 Å². The van der Waals surface area contributed by atoms with Crippen LogP contribution < -0.4 is 0 Å². The van der Waals surface area contributed by atoms with E-state index in [1.807, 2.05) is 23.1 Å². The Morgan fingerprint density at radius 2 is 1.81 bits per heavy atom. The predicted molar refractivity (Wildman–Crippen MR) is 83.8 cm³/mol. The summed E-state index contributed by atoms with van der Waals surface area (Å²) < 4.78 is 0. The number of likely N-dealkylation sites (tertiary alicyclic amines) is 1. The van der Waals surface area contributed by atoms with E-state index < -0.39 is 0 Å². The van der Waals surface area contributed by atoms with E-state index in [1.54, 1.807) is 12.1 Å². The Hall–Kier alpha value is -1.94. The molecule has 0 spiro atoms. The summed E-state index contributed by atoms with van der Waals surface area (Å²) in [4.78, 5) is 27.3. The molecule has 3 nitrogen and oxygen atoms in total. The van der Waals surface area contributed by atoms with Crippen molar-refractivity contribution in [1.82, 2.24) is 4.90 Å². The number of Topliss-reactive ketones (excluding diaryl/α,β-unsaturated/α-hetero) is 1. The van der Waals surface area contributed by atoms with Gasteiger partial charge in [-0.1, -0.05) is 30.3 Å². The molecule has 0 radical (unpaired) electrons. The average Bonchev–Trinajstić information content (AvgIpc) is 3.17. The summed E-state index contributed by atoms with van der Waals surface area (Å²) in [6.07, 6.45) is 2.02. The van der Waals surface area contributed by atoms with Gasteiger partial charge in [-0.2, -0.15) is 0 Å². The van der Waals surface area contributed by atoms with E-state index in [-0.39, 0.29) is 17.7 Å². The van der Waals surface area contributed by atoms with Crippen molar-refractivity contribution in [2.45, 2.75) is 25.8 Å². The van der Waals surface area contributed by atoms with E-state index in [2.05, 4.69) is 12.1 Å². The number of ketones is 1. The molecule has 0 unspecified atom stereocenters. The number of benzene rings is 1. The minimum atomic E-state index is 0.0140. The Balaban J connectivity index is 1.84. The van der Waals surface area contributed by atoms with Gasteiger partial charge in [0.05, 0.1) is 15.8 Å². The van der Waals surface area contributed by atoms with Gasteiger partial charge in [0.25, 0.3) is 5.91 Å². The topological polar surface area (TPSA) is 37.4 Å². The summed E-state index contributed by atoms with van der Waals surface area (Å²) in [5.41, 5.74) is 1.19. The van der Waals surface area contributed by atoms with Crippen LogP contribution >= 0.6 is 11.3 Å². The molecule has 1 saturated heterocycles. The number of rotatable bonds is 3. The first kappa shape index (κ1) is 14.0. The minimum absolute atomic E-state index is 0.0140. The van der Waals surface area contributed by atoms with Gasteiger partial charge >= 0.3 is 0 Å². The van der Waals surface area contributed by atoms with E-state index in [1.165, 1.54) is 23.8 Å². The van der Waals surface area contributed by atoms with Crippen LogP contribution in [0.5, 0.6) is 0 Å². The van der Waals surface area contributed by atoms with Gasteiger partial charge in [0.2, 0.25) is 0 Å². The monoisotopic (exact) mass is 299 g/mol. The zero-order chi connectivity index (χ0) is 14.8. The molecule has 2 heterocycles. The van der Waals surface area contributed by atoms with Crippen molar-refractivity contribution in [2.75, 3.05) is 6.54 Å². The number of hydrogen-bond acceptors (Lipinski definition) is 3. The van der Waals surface area contributed by atoms with Gasteiger partial charge in [0.15, 0.2) is 5.78 Å². The van der Waals surface area contributed by atoms with Crippen LogP contribution in [0.1, 0.15) is 50.7 Å². The van der Waals surface area contributed by atoms with Crippen LogP contribution in [0, 0.1) is 0 Å². The van der Waals surface area contributed by atoms with Crippen molar-refractivity contribution in [1.29, 1.82) is 0 Å². The lowest BCUT2D eigenvalue weighted by Gasteiger charge is -2.24. The van der Waals surface area contributed by atoms with Crippen LogP contribution in [0.15, 0.2) is 42.5 Å². The lowest BCUT2D eigenvalue weighted by molar-refractivity contribution is 0.0740. The highest BCUT2D eigenvalue weighted by Crippen LogP contribution is 2.34. The maximum atomic E-state index is 12.7. The van der Waals surface area contributed by atoms with Crippen LogP contribution in [0.2, 0.25) is 0 Å². The molecule has 108 valence electrons. The third-order valence-corrected chi connectivity index (χ3v) is 5.04. The fourth-order valence-corrected chi connectivity index (χ4v) is 3.67. The van der Waals surface area contributed by atoms with Gasteiger partial charge in [0, 0.05) is 6.54 Å². The zero-order valence-corrected chi connectivity index (χ0v) is 12.7. The number of amides is 1. The van der Waals surface area contributed by atoms with Crippen LogP contribution in [0.4, 0.5) is 0 Å². The van der Waals surface area contributed by atoms with Crippen molar-refractivity contribution >= 4 is 23.0 Å². The smallest absolute Gasteiger partial charge is 0.264 e. The summed E-state index contributed by atoms with van der Waals surface area (Å²) in [7, 11) is 0. The first-order valence-electron chi connectivity index (χ1n) is 7.13. The second-order valence-electron chi connectivity index (χ2n) is 5.29. The van der Waals surface area contributed by atoms with Gasteiger partial charge in [-0.15, -0.1) is 11.3 Å². The molecule has 1 aromatic carbocycles. The Bertz CT molecular complexity index is 662. The van der Waals surface area contributed by atoms with E-state index in [9.17, 15) is 9.59 Å². The Labute approximate surface area is 128 Å². The molecule has 1 atom stereocenters. The van der Waals surface area contributed by atoms with Crippen LogP contribution in [-0.2, 0) is 0 Å². The molecule has 0 saturated carbocycles. The third-order valence-electron chi connectivity index (χ3n) is 3.86. The van der Waals surface area contributed by atoms with Gasteiger partial charge in [-0.05, 0) is 37.5 Å². The Kier molecular flexibility index (Phi) is 3.88. The van der Waals surface area contributed by atoms with E-state index >= 15 is 0 Å². The number of hydrogen-bond donors (Lipinski definition) is 0. The molecule has 3 rings (SSSR count). The highest BCUT2D eigenvalue weighted by Gasteiger charge is 2.31. The van der Waals surface area contributed by atoms with Gasteiger partial charge < -0.3 is 4.90 Å². The van der Waals surface area contributed by atoms with Crippen LogP contribution in [0.3, 0.4) is 0 Å². The van der Waals surface area contributed by atoms with E-state index in [0.29, 0.717) is 9.75 Å². The fraction of sp³-hybridized carbons (Fsp3) is 0.294. The molecular formula is C17H17NO2S. The molecule has 1 aliphatic heterocycles. The first-order valence-corrected chi connectivity index (χ1v) is 7.95. The highest BCUT2D eigenvalue weighted by atomic mass is 32.1. The molecular weight excluding hydrogens is 282 g/mol. The lowest BCUT2D eigenvalue weighted by Crippen LogP contribution is -2.29. The Morgan fingerprint density at radius 1 is 1.10 bits per heavy atom. The second-order valence-corrected chi connectivity index (χ2v) is 6.37. The van der Waals surface area contributed by atoms with Crippen LogP contribution in [-0.4, -0.2) is 23.1 Å². The molecule has 21 heavy (non-hydrogen) atoms. The summed E-state index contributed by atoms with van der Waals surface area (Å²) in [5, 5.41) is 0. The van der Waals surface area contributed by atoms with Gasteiger partial charge in [-0.3, -0.25) is 9.59 Å². The highest BCUT2D eigenvalue weighted by molar-refractivity contribution is 7.15. The van der Waals surface area contributed by atoms with Crippen LogP contribution in [0.25, 0.3) is 0 Å². The SMILES string of the molecule is CC(=O)c1ccc(C(=O)N2CCC[C@@H]2c2ccccc2)s1. The van der Waals surface area contributed by atoms with Crippen molar-refractivity contribution in [2.24, 2.45) is 0 Å². The normalized spacial score (nSPS) is 18.0. The number of nitrogens with zero attached hydrogens (tertiary/aromatic N) is 1. The third kappa shape index (κ3) is 2.76. The molecule has 4 heteroatoms.